The summed E-state index contributed by atoms with van der Waals surface area (Å²) >= 11 is 0. The first-order valence-electron chi connectivity index (χ1n) is 3.36. The van der Waals surface area contributed by atoms with Crippen molar-refractivity contribution in [2.45, 2.75) is 20.8 Å². The first kappa shape index (κ1) is 7.19. The third-order valence-corrected chi connectivity index (χ3v) is 1.97. The second kappa shape index (κ2) is 2.37. The summed E-state index contributed by atoms with van der Waals surface area (Å²) in [7, 11) is 1.68. The van der Waals surface area contributed by atoms with Crippen molar-refractivity contribution in [1.29, 1.82) is 0 Å². The van der Waals surface area contributed by atoms with Gasteiger partial charge >= 0.3 is 0 Å². The van der Waals surface area contributed by atoms with Gasteiger partial charge in [0, 0.05) is 11.3 Å². The van der Waals surface area contributed by atoms with Gasteiger partial charge in [0.2, 0.25) is 0 Å². The van der Waals surface area contributed by atoms with Crippen LogP contribution in [0, 0.1) is 20.8 Å². The van der Waals surface area contributed by atoms with Crippen molar-refractivity contribution in [3.63, 3.8) is 0 Å². The van der Waals surface area contributed by atoms with E-state index < -0.39 is 0 Å². The van der Waals surface area contributed by atoms with E-state index in [4.69, 9.17) is 4.74 Å². The number of ether oxygens (including phenoxy) is 1. The molecule has 0 atom stereocenters. The van der Waals surface area contributed by atoms with Crippen molar-refractivity contribution in [2.75, 3.05) is 7.11 Å². The van der Waals surface area contributed by atoms with Crippen LogP contribution >= 0.6 is 0 Å². The lowest BCUT2D eigenvalue weighted by Gasteiger charge is -1.94. The van der Waals surface area contributed by atoms with Gasteiger partial charge in [-0.15, -0.1) is 0 Å². The van der Waals surface area contributed by atoms with Crippen LogP contribution in [0.3, 0.4) is 0 Å². The largest absolute Gasteiger partial charge is 0.482 e. The van der Waals surface area contributed by atoms with Gasteiger partial charge in [-0.2, -0.15) is 0 Å². The summed E-state index contributed by atoms with van der Waals surface area (Å²) in [6, 6.07) is 0. The molecule has 0 aromatic carbocycles. The van der Waals surface area contributed by atoms with Gasteiger partial charge in [0.05, 0.1) is 7.11 Å². The Labute approximate surface area is 61.2 Å². The van der Waals surface area contributed by atoms with Crippen LogP contribution in [0.4, 0.5) is 0 Å². The highest BCUT2D eigenvalue weighted by molar-refractivity contribution is 5.38. The Morgan fingerprint density at radius 1 is 1.10 bits per heavy atom. The molecule has 10 heavy (non-hydrogen) atoms. The monoisotopic (exact) mass is 139 g/mol. The highest BCUT2D eigenvalue weighted by atomic mass is 16.5. The molecule has 0 saturated carbocycles. The molecule has 0 bridgehead atoms. The fourth-order valence-electron chi connectivity index (χ4n) is 1.01. The zero-order chi connectivity index (χ0) is 7.72. The molecule has 0 saturated heterocycles. The molecule has 1 heterocycles. The maximum absolute atomic E-state index is 5.09. The summed E-state index contributed by atoms with van der Waals surface area (Å²) in [6.07, 6.45) is 0. The molecule has 0 fully saturated rings. The molecule has 1 aromatic rings. The highest BCUT2D eigenvalue weighted by Gasteiger charge is 2.05. The van der Waals surface area contributed by atoms with Crippen LogP contribution in [0.15, 0.2) is 0 Å². The first-order chi connectivity index (χ1) is 4.66. The van der Waals surface area contributed by atoms with Crippen molar-refractivity contribution in [3.05, 3.63) is 16.8 Å². The molecule has 1 aromatic heterocycles. The maximum atomic E-state index is 5.09. The van der Waals surface area contributed by atoms with Crippen molar-refractivity contribution in [2.24, 2.45) is 0 Å². The van der Waals surface area contributed by atoms with Gasteiger partial charge in [-0.25, -0.2) is 0 Å². The van der Waals surface area contributed by atoms with E-state index in [-0.39, 0.29) is 0 Å². The average molecular weight is 139 g/mol. The van der Waals surface area contributed by atoms with E-state index >= 15 is 0 Å². The van der Waals surface area contributed by atoms with Crippen LogP contribution in [0.2, 0.25) is 0 Å². The first-order valence-corrected chi connectivity index (χ1v) is 3.36. The van der Waals surface area contributed by atoms with Crippen molar-refractivity contribution < 1.29 is 4.74 Å². The van der Waals surface area contributed by atoms with Gasteiger partial charge in [-0.1, -0.05) is 0 Å². The van der Waals surface area contributed by atoms with Gasteiger partial charge in [0.1, 0.15) is 0 Å². The van der Waals surface area contributed by atoms with Gasteiger partial charge in [0.25, 0.3) is 0 Å². The summed E-state index contributed by atoms with van der Waals surface area (Å²) in [6.45, 7) is 6.19. The molecule has 0 spiro atoms. The van der Waals surface area contributed by atoms with Crippen LogP contribution in [-0.4, -0.2) is 12.1 Å². The molecule has 0 unspecified atom stereocenters. The number of methoxy groups -OCH3 is 1. The Kier molecular flexibility index (Phi) is 1.70. The molecule has 1 rings (SSSR count). The van der Waals surface area contributed by atoms with Gasteiger partial charge < -0.3 is 9.72 Å². The molecule has 56 valence electrons. The predicted octanol–water partition coefficient (Wildman–Crippen LogP) is 1.95. The molecule has 2 nitrogen and oxygen atoms in total. The number of hydrogen-bond acceptors (Lipinski definition) is 1. The minimum atomic E-state index is 0.884. The van der Waals surface area contributed by atoms with Crippen LogP contribution in [-0.2, 0) is 0 Å². The normalized spacial score (nSPS) is 10.0. The van der Waals surface area contributed by atoms with E-state index in [0.29, 0.717) is 0 Å². The molecule has 0 aliphatic carbocycles. The third-order valence-electron chi connectivity index (χ3n) is 1.97. The number of aromatic amines is 1. The lowest BCUT2D eigenvalue weighted by atomic mass is 10.2. The lowest BCUT2D eigenvalue weighted by molar-refractivity contribution is 0.397. The molecular weight excluding hydrogens is 126 g/mol. The molecular formula is C8H13NO. The second-order valence-electron chi connectivity index (χ2n) is 2.53. The Bertz CT molecular complexity index is 238. The molecule has 1 N–H and O–H groups in total. The summed E-state index contributed by atoms with van der Waals surface area (Å²) < 4.78 is 5.09. The van der Waals surface area contributed by atoms with E-state index in [9.17, 15) is 0 Å². The standard InChI is InChI=1S/C8H13NO/c1-5-6(2)8(10-4)9-7(5)3/h9H,1-4H3. The zero-order valence-electron chi connectivity index (χ0n) is 6.91. The van der Waals surface area contributed by atoms with E-state index in [1.807, 2.05) is 6.92 Å². The number of H-pyrrole nitrogens is 1. The van der Waals surface area contributed by atoms with E-state index in [0.717, 1.165) is 5.88 Å². The fourth-order valence-corrected chi connectivity index (χ4v) is 1.01. The highest BCUT2D eigenvalue weighted by Crippen LogP contribution is 2.21. The van der Waals surface area contributed by atoms with Crippen LogP contribution in [0.25, 0.3) is 0 Å². The quantitative estimate of drug-likeness (QED) is 0.632. The smallest absolute Gasteiger partial charge is 0.193 e. The van der Waals surface area contributed by atoms with E-state index in [1.165, 1.54) is 16.8 Å². The number of hydrogen-bond donors (Lipinski definition) is 1. The average Bonchev–Trinajstić information content (AvgIpc) is 2.17. The van der Waals surface area contributed by atoms with Crippen molar-refractivity contribution >= 4 is 0 Å². The van der Waals surface area contributed by atoms with Crippen LogP contribution < -0.4 is 4.74 Å². The molecule has 0 radical (unpaired) electrons. The fraction of sp³-hybridized carbons (Fsp3) is 0.500. The summed E-state index contributed by atoms with van der Waals surface area (Å²) in [4.78, 5) is 3.14. The minimum Gasteiger partial charge on any atom is -0.482 e. The third kappa shape index (κ3) is 0.897. The molecule has 0 aliphatic heterocycles. The number of aromatic nitrogens is 1. The van der Waals surface area contributed by atoms with Gasteiger partial charge in [0.15, 0.2) is 5.88 Å². The van der Waals surface area contributed by atoms with Gasteiger partial charge in [-0.3, -0.25) is 0 Å². The number of aryl methyl sites for hydroxylation is 1. The topological polar surface area (TPSA) is 25.0 Å². The molecule has 2 heteroatoms. The number of rotatable bonds is 1. The summed E-state index contributed by atoms with van der Waals surface area (Å²) in [5.41, 5.74) is 3.69. The minimum absolute atomic E-state index is 0.884. The SMILES string of the molecule is COc1[nH]c(C)c(C)c1C. The van der Waals surface area contributed by atoms with Crippen LogP contribution in [0.1, 0.15) is 16.8 Å². The maximum Gasteiger partial charge on any atom is 0.193 e. The van der Waals surface area contributed by atoms with Gasteiger partial charge in [-0.05, 0) is 26.3 Å². The zero-order valence-corrected chi connectivity index (χ0v) is 6.91. The van der Waals surface area contributed by atoms with Crippen molar-refractivity contribution in [3.8, 4) is 5.88 Å². The Hall–Kier alpha value is -0.920. The predicted molar refractivity (Wildman–Crippen MR) is 41.6 cm³/mol. The molecule has 0 amide bonds. The van der Waals surface area contributed by atoms with Crippen LogP contribution in [0.5, 0.6) is 5.88 Å². The number of nitrogens with one attached hydrogen (secondary N) is 1. The Morgan fingerprint density at radius 2 is 1.70 bits per heavy atom. The second-order valence-corrected chi connectivity index (χ2v) is 2.53. The van der Waals surface area contributed by atoms with Crippen molar-refractivity contribution in [1.82, 2.24) is 4.98 Å². The summed E-state index contributed by atoms with van der Waals surface area (Å²) in [5.74, 6) is 0.884. The Balaban J connectivity index is 3.17. The Morgan fingerprint density at radius 3 is 1.90 bits per heavy atom. The summed E-state index contributed by atoms with van der Waals surface area (Å²) in [5, 5.41) is 0. The van der Waals surface area contributed by atoms with E-state index in [1.54, 1.807) is 7.11 Å². The lowest BCUT2D eigenvalue weighted by Crippen LogP contribution is -1.83. The molecule has 0 aliphatic rings. The van der Waals surface area contributed by atoms with E-state index in [2.05, 4.69) is 18.8 Å².